The highest BCUT2D eigenvalue weighted by molar-refractivity contribution is 6.46. The fourth-order valence-corrected chi connectivity index (χ4v) is 4.77. The van der Waals surface area contributed by atoms with E-state index >= 15 is 0 Å². The molecule has 10 heteroatoms. The highest BCUT2D eigenvalue weighted by Crippen LogP contribution is 2.43. The molecule has 1 fully saturated rings. The second-order valence-electron chi connectivity index (χ2n) is 8.85. The van der Waals surface area contributed by atoms with Crippen LogP contribution in [0, 0.1) is 0 Å². The first kappa shape index (κ1) is 25.2. The predicted octanol–water partition coefficient (Wildman–Crippen LogP) is 3.57. The first-order valence-corrected chi connectivity index (χ1v) is 12.5. The fourth-order valence-electron chi connectivity index (χ4n) is 4.77. The predicted molar refractivity (Wildman–Crippen MR) is 137 cm³/mol. The summed E-state index contributed by atoms with van der Waals surface area (Å²) in [7, 11) is 1.53. The molecule has 198 valence electrons. The van der Waals surface area contributed by atoms with Crippen LogP contribution in [0.15, 0.2) is 60.7 Å². The molecule has 1 aromatic heterocycles. The van der Waals surface area contributed by atoms with Crippen molar-refractivity contribution in [3.63, 3.8) is 0 Å². The zero-order valence-corrected chi connectivity index (χ0v) is 21.3. The van der Waals surface area contributed by atoms with E-state index in [-0.39, 0.29) is 11.3 Å². The van der Waals surface area contributed by atoms with Gasteiger partial charge in [-0.1, -0.05) is 6.07 Å². The van der Waals surface area contributed by atoms with E-state index in [0.717, 1.165) is 0 Å². The third kappa shape index (κ3) is 4.77. The number of imidazole rings is 1. The number of Topliss-reactive ketones (excluding diaryl/α,β-unsaturated/α-hetero) is 1. The van der Waals surface area contributed by atoms with Crippen molar-refractivity contribution < 1.29 is 33.6 Å². The van der Waals surface area contributed by atoms with E-state index in [0.29, 0.717) is 73.5 Å². The molecule has 1 amide bonds. The van der Waals surface area contributed by atoms with Crippen LogP contribution in [0.4, 0.5) is 0 Å². The Kier molecular flexibility index (Phi) is 7.21. The fraction of sp³-hybridized carbons (Fsp3) is 0.321. The Morgan fingerprint density at radius 2 is 1.89 bits per heavy atom. The SMILES string of the molecule is CCOc1ccc([C@H]2/C(=C(\O)c3ccc4c(c3)OCCO4)C(=O)C(=O)N2CCCn2ccnc2)cc1OC. The summed E-state index contributed by atoms with van der Waals surface area (Å²) in [4.78, 5) is 32.2. The number of hydrogen-bond acceptors (Lipinski definition) is 8. The normalized spacial score (nSPS) is 18.1. The number of amides is 1. The molecule has 10 nitrogen and oxygen atoms in total. The van der Waals surface area contributed by atoms with Crippen LogP contribution in [0.25, 0.3) is 5.76 Å². The van der Waals surface area contributed by atoms with Crippen LogP contribution in [-0.4, -0.2) is 64.7 Å². The van der Waals surface area contributed by atoms with E-state index in [1.54, 1.807) is 48.9 Å². The number of ether oxygens (including phenoxy) is 4. The highest BCUT2D eigenvalue weighted by atomic mass is 16.6. The second kappa shape index (κ2) is 10.9. The average molecular weight is 520 g/mol. The Hall–Kier alpha value is -4.47. The summed E-state index contributed by atoms with van der Waals surface area (Å²) < 4.78 is 24.3. The molecule has 0 saturated carbocycles. The van der Waals surface area contributed by atoms with Gasteiger partial charge in [0.2, 0.25) is 0 Å². The van der Waals surface area contributed by atoms with Crippen LogP contribution in [0.5, 0.6) is 23.0 Å². The monoisotopic (exact) mass is 519 g/mol. The zero-order valence-electron chi connectivity index (χ0n) is 21.3. The quantitative estimate of drug-likeness (QED) is 0.259. The zero-order chi connectivity index (χ0) is 26.6. The number of methoxy groups -OCH3 is 1. The lowest BCUT2D eigenvalue weighted by Gasteiger charge is -2.26. The number of aliphatic hydroxyl groups excluding tert-OH is 1. The molecule has 1 atom stereocenters. The number of hydrogen-bond donors (Lipinski definition) is 1. The van der Waals surface area contributed by atoms with E-state index in [4.69, 9.17) is 18.9 Å². The Balaban J connectivity index is 1.56. The molecule has 0 unspecified atom stereocenters. The number of ketones is 1. The molecule has 2 aliphatic rings. The van der Waals surface area contributed by atoms with Crippen molar-refractivity contribution in [1.29, 1.82) is 0 Å². The average Bonchev–Trinajstić information content (AvgIpc) is 3.55. The number of aryl methyl sites for hydroxylation is 1. The van der Waals surface area contributed by atoms with Crippen molar-refractivity contribution in [2.75, 3.05) is 33.5 Å². The minimum absolute atomic E-state index is 0.000483. The van der Waals surface area contributed by atoms with Crippen molar-refractivity contribution in [3.8, 4) is 23.0 Å². The summed E-state index contributed by atoms with van der Waals surface area (Å²) in [5.74, 6) is 0.325. The van der Waals surface area contributed by atoms with Crippen molar-refractivity contribution in [2.45, 2.75) is 25.9 Å². The van der Waals surface area contributed by atoms with Crippen molar-refractivity contribution in [2.24, 2.45) is 0 Å². The number of nitrogens with zero attached hydrogens (tertiary/aromatic N) is 3. The van der Waals surface area contributed by atoms with Crippen molar-refractivity contribution >= 4 is 17.4 Å². The molecular weight excluding hydrogens is 490 g/mol. The lowest BCUT2D eigenvalue weighted by atomic mass is 9.94. The van der Waals surface area contributed by atoms with E-state index < -0.39 is 17.7 Å². The van der Waals surface area contributed by atoms with Gasteiger partial charge in [0, 0.05) is 31.0 Å². The molecular formula is C28H29N3O7. The van der Waals surface area contributed by atoms with Gasteiger partial charge >= 0.3 is 0 Å². The molecule has 2 aromatic carbocycles. The van der Waals surface area contributed by atoms with Gasteiger partial charge in [-0.3, -0.25) is 9.59 Å². The van der Waals surface area contributed by atoms with Gasteiger partial charge in [0.25, 0.3) is 11.7 Å². The number of benzene rings is 2. The minimum atomic E-state index is -0.824. The molecule has 3 heterocycles. The lowest BCUT2D eigenvalue weighted by Crippen LogP contribution is -2.31. The summed E-state index contributed by atoms with van der Waals surface area (Å²) >= 11 is 0. The van der Waals surface area contributed by atoms with Gasteiger partial charge in [0.15, 0.2) is 23.0 Å². The van der Waals surface area contributed by atoms with Gasteiger partial charge in [-0.05, 0) is 49.2 Å². The van der Waals surface area contributed by atoms with Crippen LogP contribution in [-0.2, 0) is 16.1 Å². The van der Waals surface area contributed by atoms with E-state index in [2.05, 4.69) is 4.98 Å². The number of carbonyl (C=O) groups is 2. The number of carbonyl (C=O) groups excluding carboxylic acids is 2. The van der Waals surface area contributed by atoms with Crippen molar-refractivity contribution in [1.82, 2.24) is 14.5 Å². The van der Waals surface area contributed by atoms with Crippen LogP contribution in [0.2, 0.25) is 0 Å². The first-order valence-electron chi connectivity index (χ1n) is 12.5. The van der Waals surface area contributed by atoms with Gasteiger partial charge in [-0.2, -0.15) is 0 Å². The van der Waals surface area contributed by atoms with E-state index in [9.17, 15) is 14.7 Å². The maximum atomic E-state index is 13.4. The van der Waals surface area contributed by atoms with Crippen LogP contribution < -0.4 is 18.9 Å². The Bertz CT molecular complexity index is 1370. The maximum Gasteiger partial charge on any atom is 0.295 e. The van der Waals surface area contributed by atoms with Crippen LogP contribution in [0.1, 0.15) is 30.5 Å². The highest BCUT2D eigenvalue weighted by Gasteiger charge is 2.46. The summed E-state index contributed by atoms with van der Waals surface area (Å²) in [5.41, 5.74) is 0.973. The standard InChI is InChI=1S/C28H29N3O7/c1-3-36-20-7-5-18(15-22(20)35-2)25-24(26(32)19-6-8-21-23(16-19)38-14-13-37-21)27(33)28(34)31(25)11-4-10-30-12-9-29-17-30/h5-9,12,15-17,25,32H,3-4,10-11,13-14H2,1-2H3/b26-24+/t25-/m0/s1. The van der Waals surface area contributed by atoms with Gasteiger partial charge in [-0.25, -0.2) is 4.98 Å². The summed E-state index contributed by atoms with van der Waals surface area (Å²) in [6.45, 7) is 4.04. The molecule has 5 rings (SSSR count). The van der Waals surface area contributed by atoms with Gasteiger partial charge in [0.1, 0.15) is 19.0 Å². The number of likely N-dealkylation sites (tertiary alicyclic amines) is 1. The molecule has 0 spiro atoms. The summed E-state index contributed by atoms with van der Waals surface area (Å²) in [6.07, 6.45) is 5.81. The smallest absolute Gasteiger partial charge is 0.295 e. The van der Waals surface area contributed by atoms with Crippen LogP contribution >= 0.6 is 0 Å². The third-order valence-electron chi connectivity index (χ3n) is 6.53. The van der Waals surface area contributed by atoms with E-state index in [1.807, 2.05) is 17.7 Å². The second-order valence-corrected chi connectivity index (χ2v) is 8.85. The van der Waals surface area contributed by atoms with Gasteiger partial charge in [0.05, 0.1) is 31.7 Å². The molecule has 38 heavy (non-hydrogen) atoms. The molecule has 0 bridgehead atoms. The number of aliphatic hydroxyl groups is 1. The molecule has 1 N–H and O–H groups in total. The van der Waals surface area contributed by atoms with E-state index in [1.165, 1.54) is 12.0 Å². The molecule has 2 aliphatic heterocycles. The van der Waals surface area contributed by atoms with Gasteiger partial charge in [-0.15, -0.1) is 0 Å². The third-order valence-corrected chi connectivity index (χ3v) is 6.53. The largest absolute Gasteiger partial charge is 0.507 e. The summed E-state index contributed by atoms with van der Waals surface area (Å²) in [6, 6.07) is 9.38. The van der Waals surface area contributed by atoms with Gasteiger partial charge < -0.3 is 33.5 Å². The molecule has 0 aliphatic carbocycles. The molecule has 3 aromatic rings. The molecule has 0 radical (unpaired) electrons. The number of rotatable bonds is 9. The maximum absolute atomic E-state index is 13.4. The minimum Gasteiger partial charge on any atom is -0.507 e. The Labute approximate surface area is 220 Å². The Morgan fingerprint density at radius 1 is 1.08 bits per heavy atom. The first-order chi connectivity index (χ1) is 18.5. The topological polar surface area (TPSA) is 112 Å². The number of fused-ring (bicyclic) bond motifs is 1. The number of aromatic nitrogens is 2. The van der Waals surface area contributed by atoms with Crippen LogP contribution in [0.3, 0.4) is 0 Å². The Morgan fingerprint density at radius 3 is 2.63 bits per heavy atom. The summed E-state index contributed by atoms with van der Waals surface area (Å²) in [5, 5.41) is 11.4. The lowest BCUT2D eigenvalue weighted by molar-refractivity contribution is -0.139. The van der Waals surface area contributed by atoms with Crippen molar-refractivity contribution in [3.05, 3.63) is 71.8 Å². The molecule has 1 saturated heterocycles.